The van der Waals surface area contributed by atoms with Crippen LogP contribution in [0.1, 0.15) is 28.3 Å². The van der Waals surface area contributed by atoms with Gasteiger partial charge in [-0.25, -0.2) is 0 Å². The predicted octanol–water partition coefficient (Wildman–Crippen LogP) is 3.60. The minimum Gasteiger partial charge on any atom is -0.316 e. The zero-order valence-corrected chi connectivity index (χ0v) is 10.2. The molecule has 0 amide bonds. The van der Waals surface area contributed by atoms with Crippen molar-refractivity contribution in [3.63, 3.8) is 0 Å². The molecule has 2 N–H and O–H groups in total. The van der Waals surface area contributed by atoms with Crippen LogP contribution >= 0.6 is 12.4 Å². The number of rotatable bonds is 1. The van der Waals surface area contributed by atoms with E-state index in [-0.39, 0.29) is 18.0 Å². The molecule has 5 heteroatoms. The maximum Gasteiger partial charge on any atom is 0.407 e. The Bertz CT molecular complexity index is 351. The van der Waals surface area contributed by atoms with Gasteiger partial charge in [0.05, 0.1) is 0 Å². The molecule has 1 nitrogen and oxygen atoms in total. The SMILES string of the molecule is Cc1cc(C)c([C@@H](N)C(F)(F)F)c(C)c1.Cl. The Balaban J connectivity index is 0.00000225. The predicted molar refractivity (Wildman–Crippen MR) is 60.9 cm³/mol. The van der Waals surface area contributed by atoms with Crippen LogP contribution in [0.3, 0.4) is 0 Å². The highest BCUT2D eigenvalue weighted by molar-refractivity contribution is 5.85. The molecule has 0 saturated heterocycles. The average molecular weight is 254 g/mol. The van der Waals surface area contributed by atoms with E-state index < -0.39 is 12.2 Å². The van der Waals surface area contributed by atoms with Crippen molar-refractivity contribution < 1.29 is 13.2 Å². The minimum atomic E-state index is -4.38. The summed E-state index contributed by atoms with van der Waals surface area (Å²) >= 11 is 0. The van der Waals surface area contributed by atoms with E-state index in [9.17, 15) is 13.2 Å². The van der Waals surface area contributed by atoms with Crippen LogP contribution in [0.5, 0.6) is 0 Å². The smallest absolute Gasteiger partial charge is 0.316 e. The number of hydrogen-bond donors (Lipinski definition) is 1. The molecule has 16 heavy (non-hydrogen) atoms. The number of aryl methyl sites for hydroxylation is 3. The van der Waals surface area contributed by atoms with Gasteiger partial charge in [-0.2, -0.15) is 13.2 Å². The first-order valence-corrected chi connectivity index (χ1v) is 4.63. The van der Waals surface area contributed by atoms with Crippen molar-refractivity contribution in [1.29, 1.82) is 0 Å². The lowest BCUT2D eigenvalue weighted by molar-refractivity contribution is -0.149. The lowest BCUT2D eigenvalue weighted by atomic mass is 9.94. The van der Waals surface area contributed by atoms with E-state index in [0.717, 1.165) is 5.56 Å². The number of nitrogens with two attached hydrogens (primary N) is 1. The third-order valence-corrected chi connectivity index (χ3v) is 2.40. The van der Waals surface area contributed by atoms with Crippen molar-refractivity contribution in [2.45, 2.75) is 33.0 Å². The van der Waals surface area contributed by atoms with Crippen molar-refractivity contribution >= 4 is 12.4 Å². The van der Waals surface area contributed by atoms with Gasteiger partial charge in [-0.15, -0.1) is 12.4 Å². The fourth-order valence-electron chi connectivity index (χ4n) is 1.85. The topological polar surface area (TPSA) is 26.0 Å². The standard InChI is InChI=1S/C11H14F3N.ClH/c1-6-4-7(2)9(8(3)5-6)10(15)11(12,13)14;/h4-5,10H,15H2,1-3H3;1H/t10-;/m1./s1. The van der Waals surface area contributed by atoms with Crippen LogP contribution in [0, 0.1) is 20.8 Å². The van der Waals surface area contributed by atoms with Gasteiger partial charge in [0, 0.05) is 0 Å². The van der Waals surface area contributed by atoms with Crippen LogP contribution < -0.4 is 5.73 Å². The highest BCUT2D eigenvalue weighted by atomic mass is 35.5. The highest BCUT2D eigenvalue weighted by Gasteiger charge is 2.39. The maximum absolute atomic E-state index is 12.5. The van der Waals surface area contributed by atoms with Gasteiger partial charge in [0.15, 0.2) is 0 Å². The minimum absolute atomic E-state index is 0. The summed E-state index contributed by atoms with van der Waals surface area (Å²) in [5.74, 6) is 0. The van der Waals surface area contributed by atoms with Gasteiger partial charge in [0.25, 0.3) is 0 Å². The Labute approximate surface area is 99.2 Å². The van der Waals surface area contributed by atoms with Crippen LogP contribution in [0.15, 0.2) is 12.1 Å². The van der Waals surface area contributed by atoms with Crippen LogP contribution in [-0.4, -0.2) is 6.18 Å². The van der Waals surface area contributed by atoms with E-state index in [4.69, 9.17) is 5.73 Å². The molecule has 0 saturated carbocycles. The molecule has 0 aliphatic rings. The molecule has 0 heterocycles. The Kier molecular flexibility index (Phi) is 4.83. The molecular formula is C11H15ClF3N. The second-order valence-corrected chi connectivity index (χ2v) is 3.83. The van der Waals surface area contributed by atoms with Crippen LogP contribution in [0.2, 0.25) is 0 Å². The van der Waals surface area contributed by atoms with E-state index in [1.54, 1.807) is 26.0 Å². The third kappa shape index (κ3) is 3.12. The molecule has 0 spiro atoms. The molecule has 0 aromatic heterocycles. The van der Waals surface area contributed by atoms with E-state index in [0.29, 0.717) is 11.1 Å². The Morgan fingerprint density at radius 3 is 1.75 bits per heavy atom. The first-order valence-electron chi connectivity index (χ1n) is 4.63. The Morgan fingerprint density at radius 1 is 1.06 bits per heavy atom. The molecule has 1 atom stereocenters. The average Bonchev–Trinajstić information content (AvgIpc) is 1.99. The number of halogens is 4. The lowest BCUT2D eigenvalue weighted by Crippen LogP contribution is -2.29. The maximum atomic E-state index is 12.5. The summed E-state index contributed by atoms with van der Waals surface area (Å²) in [7, 11) is 0. The van der Waals surface area contributed by atoms with E-state index in [2.05, 4.69) is 0 Å². The van der Waals surface area contributed by atoms with Gasteiger partial charge in [-0.05, 0) is 37.5 Å². The molecule has 1 rings (SSSR count). The summed E-state index contributed by atoms with van der Waals surface area (Å²) in [4.78, 5) is 0. The highest BCUT2D eigenvalue weighted by Crippen LogP contribution is 2.34. The summed E-state index contributed by atoms with van der Waals surface area (Å²) < 4.78 is 37.4. The number of alkyl halides is 3. The summed E-state index contributed by atoms with van der Waals surface area (Å²) in [6, 6.07) is 1.54. The molecule has 1 aromatic rings. The van der Waals surface area contributed by atoms with Crippen molar-refractivity contribution in [3.8, 4) is 0 Å². The molecule has 0 unspecified atom stereocenters. The van der Waals surface area contributed by atoms with Crippen molar-refractivity contribution in [2.75, 3.05) is 0 Å². The van der Waals surface area contributed by atoms with Crippen molar-refractivity contribution in [1.82, 2.24) is 0 Å². The zero-order valence-electron chi connectivity index (χ0n) is 9.35. The van der Waals surface area contributed by atoms with E-state index in [1.807, 2.05) is 6.92 Å². The lowest BCUT2D eigenvalue weighted by Gasteiger charge is -2.20. The van der Waals surface area contributed by atoms with E-state index >= 15 is 0 Å². The quantitative estimate of drug-likeness (QED) is 0.813. The fraction of sp³-hybridized carbons (Fsp3) is 0.455. The molecule has 0 bridgehead atoms. The molecule has 92 valence electrons. The van der Waals surface area contributed by atoms with Gasteiger partial charge in [-0.1, -0.05) is 17.7 Å². The Hall–Kier alpha value is -0.740. The summed E-state index contributed by atoms with van der Waals surface area (Å²) in [5.41, 5.74) is 7.52. The van der Waals surface area contributed by atoms with Crippen LogP contribution in [-0.2, 0) is 0 Å². The first-order chi connectivity index (χ1) is 6.73. The van der Waals surface area contributed by atoms with Crippen LogP contribution in [0.4, 0.5) is 13.2 Å². The van der Waals surface area contributed by atoms with Crippen molar-refractivity contribution in [3.05, 3.63) is 34.4 Å². The number of benzene rings is 1. The van der Waals surface area contributed by atoms with Gasteiger partial charge in [0.2, 0.25) is 0 Å². The first kappa shape index (κ1) is 15.3. The summed E-state index contributed by atoms with van der Waals surface area (Å²) in [6.45, 7) is 5.16. The van der Waals surface area contributed by atoms with E-state index in [1.165, 1.54) is 0 Å². The second-order valence-electron chi connectivity index (χ2n) is 3.83. The van der Waals surface area contributed by atoms with Gasteiger partial charge in [-0.3, -0.25) is 0 Å². The second kappa shape index (κ2) is 5.06. The summed E-state index contributed by atoms with van der Waals surface area (Å²) in [6.07, 6.45) is -4.38. The number of hydrogen-bond acceptors (Lipinski definition) is 1. The third-order valence-electron chi connectivity index (χ3n) is 2.40. The molecular weight excluding hydrogens is 239 g/mol. The normalized spacial score (nSPS) is 13.2. The Morgan fingerprint density at radius 2 is 1.44 bits per heavy atom. The van der Waals surface area contributed by atoms with Gasteiger partial charge < -0.3 is 5.73 Å². The molecule has 0 aliphatic heterocycles. The monoisotopic (exact) mass is 253 g/mol. The molecule has 0 fully saturated rings. The zero-order chi connectivity index (χ0) is 11.8. The van der Waals surface area contributed by atoms with Gasteiger partial charge >= 0.3 is 6.18 Å². The summed E-state index contributed by atoms with van der Waals surface area (Å²) in [5, 5.41) is 0. The molecule has 0 radical (unpaired) electrons. The fourth-order valence-corrected chi connectivity index (χ4v) is 1.85. The van der Waals surface area contributed by atoms with Crippen molar-refractivity contribution in [2.24, 2.45) is 5.73 Å². The molecule has 0 aliphatic carbocycles. The van der Waals surface area contributed by atoms with Crippen LogP contribution in [0.25, 0.3) is 0 Å². The van der Waals surface area contributed by atoms with Gasteiger partial charge in [0.1, 0.15) is 6.04 Å². The largest absolute Gasteiger partial charge is 0.407 e. The molecule has 1 aromatic carbocycles.